The molecule has 1 fully saturated rings. The molecule has 1 aliphatic carbocycles. The van der Waals surface area contributed by atoms with Crippen molar-refractivity contribution >= 4 is 45.0 Å². The number of fused-ring (bicyclic) bond motifs is 3. The van der Waals surface area contributed by atoms with Gasteiger partial charge in [-0.15, -0.1) is 0 Å². The lowest BCUT2D eigenvalue weighted by Gasteiger charge is -2.32. The van der Waals surface area contributed by atoms with Gasteiger partial charge in [0.25, 0.3) is 5.91 Å². The Kier molecular flexibility index (Phi) is 9.70. The summed E-state index contributed by atoms with van der Waals surface area (Å²) in [7, 11) is 2.01. The van der Waals surface area contributed by atoms with Crippen LogP contribution < -0.4 is 16.0 Å². The number of carbonyl (C=O) groups is 2. The first-order valence-electron chi connectivity index (χ1n) is 17.6. The van der Waals surface area contributed by atoms with E-state index in [1.165, 1.54) is 35.2 Å². The number of unbranched alkanes of at least 4 members (excludes halogenated alkanes) is 1. The topological polar surface area (TPSA) is 91.3 Å². The molecule has 3 heterocycles. The van der Waals surface area contributed by atoms with Gasteiger partial charge in [0.05, 0.1) is 11.4 Å². The van der Waals surface area contributed by atoms with E-state index in [-0.39, 0.29) is 17.7 Å². The molecule has 0 bridgehead atoms. The Morgan fingerprint density at radius 1 is 0.917 bits per heavy atom. The molecule has 0 unspecified atom stereocenters. The second-order valence-corrected chi connectivity index (χ2v) is 13.5. The lowest BCUT2D eigenvalue weighted by Crippen LogP contribution is -2.42. The molecule has 0 spiro atoms. The van der Waals surface area contributed by atoms with Crippen molar-refractivity contribution in [2.45, 2.75) is 57.9 Å². The maximum absolute atomic E-state index is 13.1. The summed E-state index contributed by atoms with van der Waals surface area (Å²) in [5, 5.41) is 12.3. The number of rotatable bonds is 11. The van der Waals surface area contributed by atoms with E-state index in [2.05, 4.69) is 49.7 Å². The smallest absolute Gasteiger partial charge is 0.255 e. The molecule has 2 amide bonds. The molecule has 1 atom stereocenters. The predicted octanol–water partition coefficient (Wildman–Crippen LogP) is 7.08. The number of benzene rings is 3. The molecule has 3 N–H and O–H groups in total. The minimum absolute atomic E-state index is 0.0126. The Balaban J connectivity index is 0.845. The molecule has 5 aromatic rings. The van der Waals surface area contributed by atoms with Crippen molar-refractivity contribution in [1.82, 2.24) is 19.8 Å². The first kappa shape index (κ1) is 31.9. The van der Waals surface area contributed by atoms with Crippen molar-refractivity contribution in [3.63, 3.8) is 0 Å². The molecular weight excluding hydrogens is 596 g/mol. The third kappa shape index (κ3) is 7.24. The van der Waals surface area contributed by atoms with Crippen LogP contribution in [-0.2, 0) is 31.2 Å². The summed E-state index contributed by atoms with van der Waals surface area (Å²) in [5.74, 6) is 0.0632. The van der Waals surface area contributed by atoms with Gasteiger partial charge in [-0.1, -0.05) is 30.3 Å². The number of nitrogens with zero attached hydrogens (tertiary/aromatic N) is 3. The highest BCUT2D eigenvalue weighted by Crippen LogP contribution is 2.33. The molecule has 0 saturated carbocycles. The third-order valence-corrected chi connectivity index (χ3v) is 10.0. The van der Waals surface area contributed by atoms with E-state index >= 15 is 0 Å². The van der Waals surface area contributed by atoms with E-state index in [0.717, 1.165) is 92.4 Å². The number of aryl methyl sites for hydroxylation is 2. The fourth-order valence-corrected chi connectivity index (χ4v) is 7.39. The number of likely N-dealkylation sites (tertiary alicyclic amines) is 1. The van der Waals surface area contributed by atoms with E-state index in [1.807, 2.05) is 61.8 Å². The van der Waals surface area contributed by atoms with Gasteiger partial charge in [-0.2, -0.15) is 0 Å². The first-order valence-corrected chi connectivity index (χ1v) is 17.6. The predicted molar refractivity (Wildman–Crippen MR) is 194 cm³/mol. The van der Waals surface area contributed by atoms with Crippen molar-refractivity contribution in [3.05, 3.63) is 101 Å². The number of para-hydroxylation sites is 1. The maximum Gasteiger partial charge on any atom is 0.255 e. The van der Waals surface area contributed by atoms with Crippen LogP contribution in [0.3, 0.4) is 0 Å². The molecule has 2 aliphatic rings. The molecule has 248 valence electrons. The zero-order valence-electron chi connectivity index (χ0n) is 27.9. The minimum Gasteiger partial charge on any atom is -0.384 e. The molecule has 48 heavy (non-hydrogen) atoms. The summed E-state index contributed by atoms with van der Waals surface area (Å²) in [4.78, 5) is 33.3. The van der Waals surface area contributed by atoms with E-state index in [0.29, 0.717) is 12.1 Å². The number of pyridine rings is 1. The van der Waals surface area contributed by atoms with Crippen LogP contribution in [0, 0.1) is 5.92 Å². The number of anilines is 2. The SMILES string of the molecule is Cn1ccc2cc(NC(=O)c3ccc(CN4CCC[C@H](C(=O)NCCCCNc5c6c(nc7ccccc57)CCCC6)C4)cc3)ccc21. The Bertz CT molecular complexity index is 1910. The summed E-state index contributed by atoms with van der Waals surface area (Å²) < 4.78 is 2.06. The zero-order valence-corrected chi connectivity index (χ0v) is 27.9. The second kappa shape index (κ2) is 14.6. The maximum atomic E-state index is 13.1. The van der Waals surface area contributed by atoms with Gasteiger partial charge in [-0.25, -0.2) is 0 Å². The molecule has 8 heteroatoms. The van der Waals surface area contributed by atoms with Gasteiger partial charge in [0.2, 0.25) is 5.91 Å². The van der Waals surface area contributed by atoms with Crippen LogP contribution in [0.5, 0.6) is 0 Å². The Morgan fingerprint density at radius 2 is 1.75 bits per heavy atom. The van der Waals surface area contributed by atoms with Crippen molar-refractivity contribution < 1.29 is 9.59 Å². The molecule has 1 aliphatic heterocycles. The van der Waals surface area contributed by atoms with Crippen molar-refractivity contribution in [2.24, 2.45) is 13.0 Å². The second-order valence-electron chi connectivity index (χ2n) is 13.5. The summed E-state index contributed by atoms with van der Waals surface area (Å²) >= 11 is 0. The molecule has 2 aromatic heterocycles. The van der Waals surface area contributed by atoms with Crippen molar-refractivity contribution in [1.29, 1.82) is 0 Å². The van der Waals surface area contributed by atoms with Crippen LogP contribution in [-0.4, -0.2) is 52.4 Å². The fourth-order valence-electron chi connectivity index (χ4n) is 7.39. The molecule has 7 rings (SSSR count). The third-order valence-electron chi connectivity index (χ3n) is 10.0. The monoisotopic (exact) mass is 642 g/mol. The number of carbonyl (C=O) groups excluding carboxylic acids is 2. The highest BCUT2D eigenvalue weighted by atomic mass is 16.2. The number of hydrogen-bond acceptors (Lipinski definition) is 5. The van der Waals surface area contributed by atoms with Crippen molar-refractivity contribution in [3.8, 4) is 0 Å². The van der Waals surface area contributed by atoms with Gasteiger partial charge in [-0.05, 0) is 112 Å². The molecule has 1 saturated heterocycles. The molecular formula is C40H46N6O2. The number of amides is 2. The fraction of sp³-hybridized carbons (Fsp3) is 0.375. The van der Waals surface area contributed by atoms with Gasteiger partial charge in [0.1, 0.15) is 0 Å². The standard InChI is InChI=1S/C40H46N6O2/c1-45-24-20-30-25-32(18-19-37(30)45)43-40(48)29-16-14-28(15-17-29)26-46-23-8-9-31(27-46)39(47)42-22-7-6-21-41-38-33-10-2-4-12-35(33)44-36-13-5-3-11-34(36)38/h2,4,10,12,14-20,24-25,31H,3,5-9,11,13,21-23,26-27H2,1H3,(H,41,44)(H,42,47)(H,43,48)/t31-/m0/s1. The van der Waals surface area contributed by atoms with Crippen LogP contribution in [0.4, 0.5) is 11.4 Å². The van der Waals surface area contributed by atoms with E-state index in [4.69, 9.17) is 4.98 Å². The van der Waals surface area contributed by atoms with Crippen LogP contribution >= 0.6 is 0 Å². The first-order chi connectivity index (χ1) is 23.5. The van der Waals surface area contributed by atoms with Gasteiger partial charge in [0, 0.05) is 78.3 Å². The highest BCUT2D eigenvalue weighted by molar-refractivity contribution is 6.05. The van der Waals surface area contributed by atoms with Gasteiger partial charge in [0.15, 0.2) is 0 Å². The number of piperidine rings is 1. The number of aromatic nitrogens is 2. The van der Waals surface area contributed by atoms with E-state index in [1.54, 1.807) is 0 Å². The number of nitrogens with one attached hydrogen (secondary N) is 3. The van der Waals surface area contributed by atoms with Crippen LogP contribution in [0.25, 0.3) is 21.8 Å². The lowest BCUT2D eigenvalue weighted by molar-refractivity contribution is -0.126. The normalized spacial score (nSPS) is 16.5. The molecule has 0 radical (unpaired) electrons. The summed E-state index contributed by atoms with van der Waals surface area (Å²) in [6.07, 6.45) is 10.5. The average molecular weight is 643 g/mol. The van der Waals surface area contributed by atoms with Crippen molar-refractivity contribution in [2.75, 3.05) is 36.8 Å². The van der Waals surface area contributed by atoms with Gasteiger partial charge >= 0.3 is 0 Å². The van der Waals surface area contributed by atoms with Gasteiger partial charge in [-0.3, -0.25) is 19.5 Å². The Morgan fingerprint density at radius 3 is 2.65 bits per heavy atom. The summed E-state index contributed by atoms with van der Waals surface area (Å²) in [6, 6.07) is 24.3. The summed E-state index contributed by atoms with van der Waals surface area (Å²) in [6.45, 7) is 4.10. The highest BCUT2D eigenvalue weighted by Gasteiger charge is 2.25. The Labute approximate surface area is 282 Å². The van der Waals surface area contributed by atoms with Crippen LogP contribution in [0.15, 0.2) is 79.0 Å². The Hall–Kier alpha value is -4.69. The van der Waals surface area contributed by atoms with E-state index < -0.39 is 0 Å². The quantitative estimate of drug-likeness (QED) is 0.134. The minimum atomic E-state index is -0.118. The summed E-state index contributed by atoms with van der Waals surface area (Å²) in [5.41, 5.74) is 8.69. The van der Waals surface area contributed by atoms with E-state index in [9.17, 15) is 9.59 Å². The largest absolute Gasteiger partial charge is 0.384 e. The van der Waals surface area contributed by atoms with Crippen LogP contribution in [0.1, 0.15) is 65.7 Å². The average Bonchev–Trinajstić information content (AvgIpc) is 3.49. The molecule has 3 aromatic carbocycles. The number of hydrogen-bond donors (Lipinski definition) is 3. The zero-order chi connectivity index (χ0) is 32.9. The van der Waals surface area contributed by atoms with Gasteiger partial charge < -0.3 is 20.5 Å². The van der Waals surface area contributed by atoms with Crippen LogP contribution in [0.2, 0.25) is 0 Å². The molecule has 8 nitrogen and oxygen atoms in total. The lowest BCUT2D eigenvalue weighted by atomic mass is 9.92.